The molecule has 0 N–H and O–H groups in total. The fourth-order valence-corrected chi connectivity index (χ4v) is 4.12. The highest BCUT2D eigenvalue weighted by atomic mass is 16.6. The Bertz CT molecular complexity index is 1070. The van der Waals surface area contributed by atoms with E-state index in [9.17, 15) is 4.79 Å². The van der Waals surface area contributed by atoms with Crippen molar-refractivity contribution >= 4 is 16.9 Å². The number of benzene rings is 1. The van der Waals surface area contributed by atoms with E-state index in [4.69, 9.17) is 18.3 Å². The van der Waals surface area contributed by atoms with Crippen LogP contribution in [-0.2, 0) is 16.0 Å². The van der Waals surface area contributed by atoms with E-state index in [1.54, 1.807) is 0 Å². The smallest absolute Gasteiger partial charge is 0.330 e. The molecule has 0 aliphatic rings. The minimum absolute atomic E-state index is 0.443. The first-order valence-electron chi connectivity index (χ1n) is 11.3. The molecule has 0 radical (unpaired) electrons. The highest BCUT2D eigenvalue weighted by Crippen LogP contribution is 2.34. The van der Waals surface area contributed by atoms with Crippen LogP contribution in [0, 0.1) is 0 Å². The molecule has 0 atom stereocenters. The maximum absolute atomic E-state index is 11.6. The lowest BCUT2D eigenvalue weighted by Gasteiger charge is -2.34. The third-order valence-corrected chi connectivity index (χ3v) is 5.21. The standard InChI is InChI=1S/C27H34O5/c1-7-9-10-11-20-14-15-22(29-20)24-16-19-12-13-21(17-23(19)30-24)31-26(3,4)18-27(5,6)32-25(28)8-2/h8,12-17H,2,7,9-11,18H2,1,3-6H3. The first-order chi connectivity index (χ1) is 15.1. The second-order valence-corrected chi connectivity index (χ2v) is 9.46. The van der Waals surface area contributed by atoms with E-state index in [-0.39, 0.29) is 0 Å². The first kappa shape index (κ1) is 23.7. The zero-order chi connectivity index (χ0) is 23.4. The van der Waals surface area contributed by atoms with E-state index in [1.165, 1.54) is 18.9 Å². The van der Waals surface area contributed by atoms with Crippen molar-refractivity contribution in [3.8, 4) is 17.3 Å². The van der Waals surface area contributed by atoms with Crippen LogP contribution in [0.3, 0.4) is 0 Å². The Balaban J connectivity index is 1.72. The van der Waals surface area contributed by atoms with Crippen LogP contribution < -0.4 is 4.74 Å². The number of rotatable bonds is 11. The van der Waals surface area contributed by atoms with Crippen molar-refractivity contribution in [2.45, 2.75) is 77.9 Å². The van der Waals surface area contributed by atoms with Crippen molar-refractivity contribution in [1.82, 2.24) is 0 Å². The average Bonchev–Trinajstić information content (AvgIpc) is 3.32. The summed E-state index contributed by atoms with van der Waals surface area (Å²) in [7, 11) is 0. The molecular weight excluding hydrogens is 404 g/mol. The Kier molecular flexibility index (Phi) is 7.17. The summed E-state index contributed by atoms with van der Waals surface area (Å²) < 4.78 is 23.7. The van der Waals surface area contributed by atoms with Gasteiger partial charge in [0.1, 0.15) is 28.3 Å². The Morgan fingerprint density at radius 1 is 1.00 bits per heavy atom. The zero-order valence-corrected chi connectivity index (χ0v) is 19.8. The SMILES string of the molecule is C=CC(=O)OC(C)(C)CC(C)(C)Oc1ccc2cc(-c3ccc(CCCCC)o3)oc2c1. The van der Waals surface area contributed by atoms with E-state index in [0.717, 1.165) is 35.3 Å². The maximum Gasteiger partial charge on any atom is 0.330 e. The Morgan fingerprint density at radius 3 is 2.50 bits per heavy atom. The number of fused-ring (bicyclic) bond motifs is 1. The Hall–Kier alpha value is -2.95. The summed E-state index contributed by atoms with van der Waals surface area (Å²) in [6.45, 7) is 13.3. The van der Waals surface area contributed by atoms with Crippen LogP contribution in [0.4, 0.5) is 0 Å². The van der Waals surface area contributed by atoms with Crippen molar-refractivity contribution in [2.24, 2.45) is 0 Å². The van der Waals surface area contributed by atoms with E-state index in [0.29, 0.717) is 17.9 Å². The van der Waals surface area contributed by atoms with Gasteiger partial charge in [0.15, 0.2) is 11.5 Å². The lowest BCUT2D eigenvalue weighted by Crippen LogP contribution is -2.40. The molecule has 3 rings (SSSR count). The number of hydrogen-bond donors (Lipinski definition) is 0. The topological polar surface area (TPSA) is 61.8 Å². The summed E-state index contributed by atoms with van der Waals surface area (Å²) in [5.41, 5.74) is -0.526. The van der Waals surface area contributed by atoms with Gasteiger partial charge in [0.2, 0.25) is 0 Å². The summed E-state index contributed by atoms with van der Waals surface area (Å²) in [6, 6.07) is 11.7. The monoisotopic (exact) mass is 438 g/mol. The molecule has 0 spiro atoms. The van der Waals surface area contributed by atoms with Gasteiger partial charge in [-0.25, -0.2) is 4.79 Å². The highest BCUT2D eigenvalue weighted by molar-refractivity contribution is 5.83. The second-order valence-electron chi connectivity index (χ2n) is 9.46. The van der Waals surface area contributed by atoms with Crippen molar-refractivity contribution in [3.05, 3.63) is 54.8 Å². The molecule has 0 saturated carbocycles. The minimum atomic E-state index is -0.690. The molecule has 1 aromatic carbocycles. The van der Waals surface area contributed by atoms with Crippen molar-refractivity contribution in [3.63, 3.8) is 0 Å². The van der Waals surface area contributed by atoms with Crippen LogP contribution in [0.2, 0.25) is 0 Å². The lowest BCUT2D eigenvalue weighted by atomic mass is 9.92. The number of esters is 1. The van der Waals surface area contributed by atoms with E-state index in [2.05, 4.69) is 13.5 Å². The molecule has 2 aromatic heterocycles. The molecule has 0 bridgehead atoms. The predicted molar refractivity (Wildman–Crippen MR) is 127 cm³/mol. The average molecular weight is 439 g/mol. The molecule has 172 valence electrons. The van der Waals surface area contributed by atoms with Crippen LogP contribution >= 0.6 is 0 Å². The number of ether oxygens (including phenoxy) is 2. The number of carbonyl (C=O) groups excluding carboxylic acids is 1. The number of hydrogen-bond acceptors (Lipinski definition) is 5. The molecule has 0 unspecified atom stereocenters. The minimum Gasteiger partial charge on any atom is -0.488 e. The van der Waals surface area contributed by atoms with Gasteiger partial charge in [-0.3, -0.25) is 0 Å². The number of carbonyl (C=O) groups is 1. The molecule has 5 heteroatoms. The normalized spacial score (nSPS) is 12.2. The second kappa shape index (κ2) is 9.68. The van der Waals surface area contributed by atoms with Gasteiger partial charge in [0.05, 0.1) is 0 Å². The molecule has 2 heterocycles. The van der Waals surface area contributed by atoms with Gasteiger partial charge in [0, 0.05) is 30.4 Å². The van der Waals surface area contributed by atoms with Gasteiger partial charge >= 0.3 is 5.97 Å². The highest BCUT2D eigenvalue weighted by Gasteiger charge is 2.33. The molecule has 0 amide bonds. The van der Waals surface area contributed by atoms with Gasteiger partial charge in [0.25, 0.3) is 0 Å². The lowest BCUT2D eigenvalue weighted by molar-refractivity contribution is -0.154. The summed E-state index contributed by atoms with van der Waals surface area (Å²) in [4.78, 5) is 11.6. The van der Waals surface area contributed by atoms with Crippen LogP contribution in [0.15, 0.2) is 57.9 Å². The predicted octanol–water partition coefficient (Wildman–Crippen LogP) is 7.48. The van der Waals surface area contributed by atoms with Crippen LogP contribution in [0.5, 0.6) is 5.75 Å². The molecule has 0 aliphatic carbocycles. The van der Waals surface area contributed by atoms with Gasteiger partial charge in [-0.15, -0.1) is 0 Å². The molecule has 0 fully saturated rings. The van der Waals surface area contributed by atoms with Gasteiger partial charge in [-0.05, 0) is 64.4 Å². The van der Waals surface area contributed by atoms with E-state index in [1.807, 2.05) is 64.1 Å². The molecule has 0 saturated heterocycles. The Labute approximate surface area is 190 Å². The van der Waals surface area contributed by atoms with Gasteiger partial charge in [-0.1, -0.05) is 26.3 Å². The Morgan fingerprint density at radius 2 is 1.78 bits per heavy atom. The third kappa shape index (κ3) is 6.28. The largest absolute Gasteiger partial charge is 0.488 e. The van der Waals surface area contributed by atoms with Gasteiger partial charge < -0.3 is 18.3 Å². The number of aryl methyl sites for hydroxylation is 1. The summed E-state index contributed by atoms with van der Waals surface area (Å²) in [5, 5.41) is 0.981. The zero-order valence-electron chi connectivity index (χ0n) is 19.8. The molecular formula is C27H34O5. The van der Waals surface area contributed by atoms with Crippen molar-refractivity contribution < 1.29 is 23.1 Å². The summed E-state index contributed by atoms with van der Waals surface area (Å²) in [6.07, 6.45) is 6.15. The fourth-order valence-electron chi connectivity index (χ4n) is 4.12. The first-order valence-corrected chi connectivity index (χ1v) is 11.3. The van der Waals surface area contributed by atoms with Crippen molar-refractivity contribution in [2.75, 3.05) is 0 Å². The van der Waals surface area contributed by atoms with Crippen LogP contribution in [0.1, 0.15) is 66.1 Å². The molecule has 0 aliphatic heterocycles. The van der Waals surface area contributed by atoms with Crippen LogP contribution in [-0.4, -0.2) is 17.2 Å². The molecule has 5 nitrogen and oxygen atoms in total. The summed E-state index contributed by atoms with van der Waals surface area (Å²) in [5.74, 6) is 2.67. The van der Waals surface area contributed by atoms with E-state index >= 15 is 0 Å². The third-order valence-electron chi connectivity index (χ3n) is 5.21. The van der Waals surface area contributed by atoms with Crippen molar-refractivity contribution in [1.29, 1.82) is 0 Å². The molecule has 32 heavy (non-hydrogen) atoms. The number of furan rings is 2. The van der Waals surface area contributed by atoms with Crippen LogP contribution in [0.25, 0.3) is 22.5 Å². The number of unbranched alkanes of at least 4 members (excludes halogenated alkanes) is 2. The molecule has 3 aromatic rings. The fraction of sp³-hybridized carbons (Fsp3) is 0.444. The summed E-state index contributed by atoms with van der Waals surface area (Å²) >= 11 is 0. The van der Waals surface area contributed by atoms with Gasteiger partial charge in [-0.2, -0.15) is 0 Å². The quantitative estimate of drug-likeness (QED) is 0.176. The maximum atomic E-state index is 11.6. The van der Waals surface area contributed by atoms with E-state index < -0.39 is 17.2 Å².